The van der Waals surface area contributed by atoms with Crippen LogP contribution >= 0.6 is 0 Å². The Hall–Kier alpha value is -3.26. The van der Waals surface area contributed by atoms with Crippen LogP contribution in [0.4, 0.5) is 0 Å². The molecule has 156 valence electrons. The van der Waals surface area contributed by atoms with Crippen LogP contribution in [0, 0.1) is 0 Å². The van der Waals surface area contributed by atoms with Crippen molar-refractivity contribution in [2.45, 2.75) is 25.3 Å². The van der Waals surface area contributed by atoms with Gasteiger partial charge in [-0.3, -0.25) is 14.7 Å². The quantitative estimate of drug-likeness (QED) is 0.613. The zero-order valence-corrected chi connectivity index (χ0v) is 17.0. The predicted molar refractivity (Wildman–Crippen MR) is 111 cm³/mol. The molecule has 0 unspecified atom stereocenters. The van der Waals surface area contributed by atoms with Crippen LogP contribution in [-0.4, -0.2) is 52.7 Å². The van der Waals surface area contributed by atoms with Crippen molar-refractivity contribution in [1.82, 2.24) is 25.3 Å². The third-order valence-corrected chi connectivity index (χ3v) is 5.25. The highest BCUT2D eigenvalue weighted by Crippen LogP contribution is 2.31. The Labute approximate surface area is 175 Å². The summed E-state index contributed by atoms with van der Waals surface area (Å²) in [7, 11) is 1.65. The molecule has 1 fully saturated rings. The van der Waals surface area contributed by atoms with E-state index in [1.165, 1.54) is 0 Å². The Morgan fingerprint density at radius 3 is 2.93 bits per heavy atom. The molecule has 8 heteroatoms. The molecule has 0 bridgehead atoms. The molecule has 3 aromatic rings. The van der Waals surface area contributed by atoms with Gasteiger partial charge in [0.15, 0.2) is 0 Å². The Morgan fingerprint density at radius 2 is 2.17 bits per heavy atom. The highest BCUT2D eigenvalue weighted by atomic mass is 16.5. The van der Waals surface area contributed by atoms with E-state index in [1.807, 2.05) is 36.4 Å². The fourth-order valence-electron chi connectivity index (χ4n) is 3.66. The van der Waals surface area contributed by atoms with Crippen molar-refractivity contribution in [3.05, 3.63) is 60.2 Å². The second kappa shape index (κ2) is 9.49. The summed E-state index contributed by atoms with van der Waals surface area (Å²) in [5.74, 6) is 1.91. The van der Waals surface area contributed by atoms with Gasteiger partial charge in [-0.05, 0) is 55.6 Å². The molecule has 30 heavy (non-hydrogen) atoms. The molecule has 1 aliphatic heterocycles. The van der Waals surface area contributed by atoms with Crippen LogP contribution in [0.5, 0.6) is 5.75 Å². The van der Waals surface area contributed by atoms with E-state index >= 15 is 0 Å². The molecule has 0 radical (unpaired) electrons. The molecule has 2 aromatic heterocycles. The van der Waals surface area contributed by atoms with Crippen molar-refractivity contribution < 1.29 is 14.1 Å². The minimum Gasteiger partial charge on any atom is -0.497 e. The number of ether oxygens (including phenoxy) is 1. The number of rotatable bonds is 8. The average molecular weight is 407 g/mol. The van der Waals surface area contributed by atoms with Crippen LogP contribution in [-0.2, 0) is 11.2 Å². The second-order valence-corrected chi connectivity index (χ2v) is 7.27. The van der Waals surface area contributed by atoms with Crippen LogP contribution in [0.25, 0.3) is 11.4 Å². The molecule has 3 heterocycles. The normalized spacial score (nSPS) is 16.5. The summed E-state index contributed by atoms with van der Waals surface area (Å²) >= 11 is 0. The first-order valence-electron chi connectivity index (χ1n) is 10.1. The van der Waals surface area contributed by atoms with Crippen LogP contribution in [0.3, 0.4) is 0 Å². The number of methoxy groups -OCH3 is 1. The van der Waals surface area contributed by atoms with E-state index in [4.69, 9.17) is 9.26 Å². The summed E-state index contributed by atoms with van der Waals surface area (Å²) in [5.41, 5.74) is 1.97. The number of carbonyl (C=O) groups is 1. The molecule has 0 spiro atoms. The lowest BCUT2D eigenvalue weighted by Crippen LogP contribution is -2.37. The van der Waals surface area contributed by atoms with E-state index in [0.29, 0.717) is 24.8 Å². The second-order valence-electron chi connectivity index (χ2n) is 7.27. The molecular weight excluding hydrogens is 382 g/mol. The highest BCUT2D eigenvalue weighted by Gasteiger charge is 2.32. The number of aromatic nitrogens is 3. The first-order chi connectivity index (χ1) is 14.7. The number of hydrogen-bond donors (Lipinski definition) is 1. The maximum atomic E-state index is 12.4. The Bertz CT molecular complexity index is 958. The van der Waals surface area contributed by atoms with Crippen molar-refractivity contribution in [2.75, 3.05) is 26.7 Å². The monoisotopic (exact) mass is 407 g/mol. The van der Waals surface area contributed by atoms with Gasteiger partial charge in [0.05, 0.1) is 19.7 Å². The number of nitrogens with zero attached hydrogens (tertiary/aromatic N) is 4. The summed E-state index contributed by atoms with van der Waals surface area (Å²) in [6.45, 7) is 1.74. The average Bonchev–Trinajstić information content (AvgIpc) is 3.44. The largest absolute Gasteiger partial charge is 0.497 e. The van der Waals surface area contributed by atoms with E-state index in [9.17, 15) is 4.79 Å². The fourth-order valence-corrected chi connectivity index (χ4v) is 3.66. The fraction of sp³-hybridized carbons (Fsp3) is 0.364. The standard InChI is InChI=1S/C22H25N5O3/c1-29-18-8-6-16(7-9-18)10-12-24-20(28)15-27-13-3-5-19(27)22-25-21(26-30-22)17-4-2-11-23-14-17/h2,4,6-9,11,14,19H,3,5,10,12-13,15H2,1H3,(H,24,28)/t19-/m0/s1. The van der Waals surface area contributed by atoms with Gasteiger partial charge in [-0.2, -0.15) is 4.98 Å². The van der Waals surface area contributed by atoms with Gasteiger partial charge in [0.25, 0.3) is 0 Å². The SMILES string of the molecule is COc1ccc(CCNC(=O)CN2CCC[C@H]2c2nc(-c3cccnc3)no2)cc1. The third kappa shape index (κ3) is 4.83. The van der Waals surface area contributed by atoms with Crippen molar-refractivity contribution in [3.63, 3.8) is 0 Å². The van der Waals surface area contributed by atoms with Crippen LogP contribution < -0.4 is 10.1 Å². The molecule has 8 nitrogen and oxygen atoms in total. The van der Waals surface area contributed by atoms with Gasteiger partial charge in [-0.1, -0.05) is 17.3 Å². The summed E-state index contributed by atoms with van der Waals surface area (Å²) in [5, 5.41) is 7.08. The zero-order chi connectivity index (χ0) is 20.8. The summed E-state index contributed by atoms with van der Waals surface area (Å²) in [6, 6.07) is 11.6. The lowest BCUT2D eigenvalue weighted by Gasteiger charge is -2.20. The number of carbonyl (C=O) groups excluding carboxylic acids is 1. The number of hydrogen-bond acceptors (Lipinski definition) is 7. The van der Waals surface area contributed by atoms with Gasteiger partial charge in [0.2, 0.25) is 17.6 Å². The van der Waals surface area contributed by atoms with Crippen LogP contribution in [0.15, 0.2) is 53.3 Å². The van der Waals surface area contributed by atoms with E-state index in [2.05, 4.69) is 25.3 Å². The molecule has 1 aromatic carbocycles. The van der Waals surface area contributed by atoms with E-state index < -0.39 is 0 Å². The maximum absolute atomic E-state index is 12.4. The predicted octanol–water partition coefficient (Wildman–Crippen LogP) is 2.64. The van der Waals surface area contributed by atoms with E-state index in [1.54, 1.807) is 19.5 Å². The lowest BCUT2D eigenvalue weighted by molar-refractivity contribution is -0.122. The first-order valence-corrected chi connectivity index (χ1v) is 10.1. The van der Waals surface area contributed by atoms with Gasteiger partial charge in [-0.15, -0.1) is 0 Å². The summed E-state index contributed by atoms with van der Waals surface area (Å²) in [6.07, 6.45) is 6.08. The van der Waals surface area contributed by atoms with Crippen molar-refractivity contribution in [3.8, 4) is 17.1 Å². The van der Waals surface area contributed by atoms with Crippen molar-refractivity contribution in [2.24, 2.45) is 0 Å². The minimum atomic E-state index is -0.0322. The number of benzene rings is 1. The third-order valence-electron chi connectivity index (χ3n) is 5.25. The van der Waals surface area contributed by atoms with Gasteiger partial charge in [0.1, 0.15) is 5.75 Å². The smallest absolute Gasteiger partial charge is 0.244 e. The Morgan fingerprint density at radius 1 is 1.30 bits per heavy atom. The Balaban J connectivity index is 1.29. The molecule has 1 saturated heterocycles. The number of likely N-dealkylation sites (tertiary alicyclic amines) is 1. The van der Waals surface area contributed by atoms with Gasteiger partial charge in [-0.25, -0.2) is 0 Å². The molecule has 0 saturated carbocycles. The van der Waals surface area contributed by atoms with Gasteiger partial charge < -0.3 is 14.6 Å². The number of pyridine rings is 1. The van der Waals surface area contributed by atoms with Gasteiger partial charge in [0, 0.05) is 24.5 Å². The van der Waals surface area contributed by atoms with E-state index in [0.717, 1.165) is 42.7 Å². The van der Waals surface area contributed by atoms with Crippen molar-refractivity contribution >= 4 is 5.91 Å². The number of nitrogens with one attached hydrogen (secondary N) is 1. The zero-order valence-electron chi connectivity index (χ0n) is 17.0. The molecule has 4 rings (SSSR count). The molecule has 1 N–H and O–H groups in total. The molecular formula is C22H25N5O3. The highest BCUT2D eigenvalue weighted by molar-refractivity contribution is 5.78. The molecule has 1 atom stereocenters. The van der Waals surface area contributed by atoms with Gasteiger partial charge >= 0.3 is 0 Å². The van der Waals surface area contributed by atoms with Crippen LogP contribution in [0.2, 0.25) is 0 Å². The summed E-state index contributed by atoms with van der Waals surface area (Å²) in [4.78, 5) is 23.2. The lowest BCUT2D eigenvalue weighted by atomic mass is 10.1. The topological polar surface area (TPSA) is 93.4 Å². The molecule has 1 aliphatic rings. The maximum Gasteiger partial charge on any atom is 0.244 e. The molecule has 1 amide bonds. The number of amides is 1. The summed E-state index contributed by atoms with van der Waals surface area (Å²) < 4.78 is 10.7. The van der Waals surface area contributed by atoms with E-state index in [-0.39, 0.29) is 11.9 Å². The van der Waals surface area contributed by atoms with Crippen LogP contribution in [0.1, 0.15) is 30.3 Å². The van der Waals surface area contributed by atoms with Crippen molar-refractivity contribution in [1.29, 1.82) is 0 Å². The minimum absolute atomic E-state index is 0.00223. The Kier molecular flexibility index (Phi) is 6.34. The molecule has 0 aliphatic carbocycles. The first kappa shape index (κ1) is 20.0.